The van der Waals surface area contributed by atoms with Gasteiger partial charge in [-0.25, -0.2) is 9.79 Å². The summed E-state index contributed by atoms with van der Waals surface area (Å²) >= 11 is 3.00. The SMILES string of the molecule is CCOC(=O)C1=C(c2ccccc2)N=c2s/c(=C\c3ccc(SC)cc3)c(=O)n2[C@H]1c1ccccc1. The molecule has 5 rings (SSSR count). The fourth-order valence-corrected chi connectivity index (χ4v) is 5.65. The summed E-state index contributed by atoms with van der Waals surface area (Å²) < 4.78 is 7.67. The number of esters is 1. The summed E-state index contributed by atoms with van der Waals surface area (Å²) in [5.41, 5.74) is 3.25. The average molecular weight is 513 g/mol. The Balaban J connectivity index is 1.79. The lowest BCUT2D eigenvalue weighted by molar-refractivity contribution is -0.138. The number of thiazole rings is 1. The highest BCUT2D eigenvalue weighted by Gasteiger charge is 2.35. The average Bonchev–Trinajstić information content (AvgIpc) is 3.23. The summed E-state index contributed by atoms with van der Waals surface area (Å²) in [5.74, 6) is -0.476. The van der Waals surface area contributed by atoms with Crippen LogP contribution in [0.5, 0.6) is 0 Å². The predicted octanol–water partition coefficient (Wildman–Crippen LogP) is 4.66. The zero-order chi connectivity index (χ0) is 25.1. The van der Waals surface area contributed by atoms with E-state index in [1.54, 1.807) is 23.3 Å². The third-order valence-corrected chi connectivity index (χ3v) is 7.63. The highest BCUT2D eigenvalue weighted by molar-refractivity contribution is 7.98. The van der Waals surface area contributed by atoms with Gasteiger partial charge in [-0.15, -0.1) is 11.8 Å². The van der Waals surface area contributed by atoms with Crippen LogP contribution in [0.2, 0.25) is 0 Å². The molecule has 0 amide bonds. The first-order valence-electron chi connectivity index (χ1n) is 11.6. The van der Waals surface area contributed by atoms with E-state index in [1.165, 1.54) is 11.3 Å². The third-order valence-electron chi connectivity index (χ3n) is 5.90. The summed E-state index contributed by atoms with van der Waals surface area (Å²) in [6, 6.07) is 26.6. The number of aromatic nitrogens is 1. The highest BCUT2D eigenvalue weighted by atomic mass is 32.2. The fourth-order valence-electron chi connectivity index (χ4n) is 4.24. The van der Waals surface area contributed by atoms with Crippen molar-refractivity contribution in [1.29, 1.82) is 0 Å². The van der Waals surface area contributed by atoms with E-state index in [2.05, 4.69) is 0 Å². The van der Waals surface area contributed by atoms with Crippen LogP contribution in [0.15, 0.2) is 105 Å². The normalized spacial score (nSPS) is 15.4. The molecule has 7 heteroatoms. The Bertz CT molecular complexity index is 1600. The van der Waals surface area contributed by atoms with Gasteiger partial charge in [-0.1, -0.05) is 84.1 Å². The lowest BCUT2D eigenvalue weighted by Gasteiger charge is -2.25. The number of carbonyl (C=O) groups is 1. The van der Waals surface area contributed by atoms with Crippen LogP contribution in [-0.4, -0.2) is 23.4 Å². The second kappa shape index (κ2) is 10.5. The van der Waals surface area contributed by atoms with Gasteiger partial charge in [0, 0.05) is 10.5 Å². The highest BCUT2D eigenvalue weighted by Crippen LogP contribution is 2.35. The number of benzene rings is 3. The number of hydrogen-bond acceptors (Lipinski definition) is 6. The van der Waals surface area contributed by atoms with Gasteiger partial charge < -0.3 is 4.74 Å². The van der Waals surface area contributed by atoms with Gasteiger partial charge in [-0.3, -0.25) is 9.36 Å². The molecule has 3 aromatic carbocycles. The Morgan fingerprint density at radius 1 is 1.03 bits per heavy atom. The largest absolute Gasteiger partial charge is 0.463 e. The predicted molar refractivity (Wildman–Crippen MR) is 146 cm³/mol. The number of rotatable bonds is 6. The zero-order valence-electron chi connectivity index (χ0n) is 19.9. The third kappa shape index (κ3) is 4.59. The standard InChI is InChI=1S/C29H24N2O3S2/c1-3-34-28(33)24-25(20-10-6-4-7-11-20)30-29-31(26(24)21-12-8-5-9-13-21)27(32)23(36-29)18-19-14-16-22(35-2)17-15-19/h4-18,26H,3H2,1-2H3/b23-18-/t26-/m0/s1. The summed E-state index contributed by atoms with van der Waals surface area (Å²) in [6.07, 6.45) is 3.91. The molecule has 0 N–H and O–H groups in total. The molecule has 1 aliphatic rings. The van der Waals surface area contributed by atoms with Crippen molar-refractivity contribution in [2.45, 2.75) is 17.9 Å². The topological polar surface area (TPSA) is 60.7 Å². The fraction of sp³-hybridized carbons (Fsp3) is 0.138. The molecular weight excluding hydrogens is 488 g/mol. The maximum absolute atomic E-state index is 13.8. The summed E-state index contributed by atoms with van der Waals surface area (Å²) in [5, 5.41) is 0. The molecule has 0 saturated carbocycles. The van der Waals surface area contributed by atoms with Crippen molar-refractivity contribution in [3.05, 3.63) is 127 Å². The molecule has 4 aromatic rings. The van der Waals surface area contributed by atoms with E-state index in [-0.39, 0.29) is 12.2 Å². The van der Waals surface area contributed by atoms with E-state index in [4.69, 9.17) is 9.73 Å². The van der Waals surface area contributed by atoms with Crippen LogP contribution in [0, 0.1) is 0 Å². The number of fused-ring (bicyclic) bond motifs is 1. The van der Waals surface area contributed by atoms with E-state index in [1.807, 2.05) is 97.3 Å². The molecule has 0 spiro atoms. The van der Waals surface area contributed by atoms with Gasteiger partial charge in [-0.2, -0.15) is 0 Å². The minimum Gasteiger partial charge on any atom is -0.463 e. The lowest BCUT2D eigenvalue weighted by atomic mass is 9.93. The number of carbonyl (C=O) groups excluding carboxylic acids is 1. The maximum atomic E-state index is 13.8. The summed E-state index contributed by atoms with van der Waals surface area (Å²) in [6.45, 7) is 2.00. The van der Waals surface area contributed by atoms with Crippen molar-refractivity contribution in [1.82, 2.24) is 4.57 Å². The summed E-state index contributed by atoms with van der Waals surface area (Å²) in [7, 11) is 0. The van der Waals surface area contributed by atoms with Gasteiger partial charge >= 0.3 is 5.97 Å². The molecule has 36 heavy (non-hydrogen) atoms. The minimum atomic E-state index is -0.655. The van der Waals surface area contributed by atoms with E-state index in [9.17, 15) is 9.59 Å². The molecule has 5 nitrogen and oxygen atoms in total. The van der Waals surface area contributed by atoms with Crippen molar-refractivity contribution in [2.75, 3.05) is 12.9 Å². The Kier molecular flexibility index (Phi) is 7.02. The molecule has 0 fully saturated rings. The van der Waals surface area contributed by atoms with Crippen molar-refractivity contribution in [3.8, 4) is 0 Å². The summed E-state index contributed by atoms with van der Waals surface area (Å²) in [4.78, 5) is 33.7. The van der Waals surface area contributed by atoms with Crippen molar-refractivity contribution >= 4 is 40.8 Å². The molecule has 0 radical (unpaired) electrons. The molecule has 180 valence electrons. The van der Waals surface area contributed by atoms with Crippen LogP contribution in [0.3, 0.4) is 0 Å². The van der Waals surface area contributed by atoms with Gasteiger partial charge in [0.05, 0.1) is 28.5 Å². The molecule has 2 heterocycles. The first-order valence-corrected chi connectivity index (χ1v) is 13.6. The molecule has 1 aromatic heterocycles. The van der Waals surface area contributed by atoms with Crippen molar-refractivity contribution in [2.24, 2.45) is 4.99 Å². The Morgan fingerprint density at radius 2 is 1.69 bits per heavy atom. The smallest absolute Gasteiger partial charge is 0.338 e. The number of hydrogen-bond donors (Lipinski definition) is 0. The maximum Gasteiger partial charge on any atom is 0.338 e. The molecule has 0 saturated heterocycles. The Labute approximate surface area is 217 Å². The van der Waals surface area contributed by atoms with E-state index >= 15 is 0 Å². The molecular formula is C29H24N2O3S2. The van der Waals surface area contributed by atoms with Crippen LogP contribution in [0.25, 0.3) is 11.8 Å². The van der Waals surface area contributed by atoms with Crippen LogP contribution in [0.1, 0.15) is 29.7 Å². The van der Waals surface area contributed by atoms with Crippen molar-refractivity contribution < 1.29 is 9.53 Å². The van der Waals surface area contributed by atoms with Gasteiger partial charge in [0.25, 0.3) is 5.56 Å². The first kappa shape index (κ1) is 24.0. The molecule has 0 aliphatic carbocycles. The molecule has 0 unspecified atom stereocenters. The van der Waals surface area contributed by atoms with E-state index < -0.39 is 12.0 Å². The molecule has 1 atom stereocenters. The van der Waals surface area contributed by atoms with Crippen molar-refractivity contribution in [3.63, 3.8) is 0 Å². The van der Waals surface area contributed by atoms with Gasteiger partial charge in [-0.05, 0) is 42.5 Å². The Hall–Kier alpha value is -3.68. The van der Waals surface area contributed by atoms with Crippen LogP contribution >= 0.6 is 23.1 Å². The molecule has 0 bridgehead atoms. The molecule has 1 aliphatic heterocycles. The van der Waals surface area contributed by atoms with Crippen LogP contribution in [0.4, 0.5) is 0 Å². The first-order chi connectivity index (χ1) is 17.6. The van der Waals surface area contributed by atoms with E-state index in [0.717, 1.165) is 21.6 Å². The van der Waals surface area contributed by atoms with Gasteiger partial charge in [0.15, 0.2) is 4.80 Å². The number of nitrogens with zero attached hydrogens (tertiary/aromatic N) is 2. The van der Waals surface area contributed by atoms with Gasteiger partial charge in [0.1, 0.15) is 0 Å². The number of thioether (sulfide) groups is 1. The monoisotopic (exact) mass is 512 g/mol. The minimum absolute atomic E-state index is 0.185. The lowest BCUT2D eigenvalue weighted by Crippen LogP contribution is -2.39. The number of ether oxygens (including phenoxy) is 1. The van der Waals surface area contributed by atoms with Crippen LogP contribution in [-0.2, 0) is 9.53 Å². The van der Waals surface area contributed by atoms with Gasteiger partial charge in [0.2, 0.25) is 0 Å². The Morgan fingerprint density at radius 3 is 2.33 bits per heavy atom. The second-order valence-corrected chi connectivity index (χ2v) is 10.0. The van der Waals surface area contributed by atoms with Crippen LogP contribution < -0.4 is 14.9 Å². The zero-order valence-corrected chi connectivity index (χ0v) is 21.5. The van der Waals surface area contributed by atoms with E-state index in [0.29, 0.717) is 20.6 Å². The quantitative estimate of drug-likeness (QED) is 0.279. The second-order valence-electron chi connectivity index (χ2n) is 8.12.